The van der Waals surface area contributed by atoms with Gasteiger partial charge in [-0.3, -0.25) is 0 Å². The van der Waals surface area contributed by atoms with Crippen LogP contribution in [0.4, 0.5) is 0 Å². The molecule has 14 heavy (non-hydrogen) atoms. The summed E-state index contributed by atoms with van der Waals surface area (Å²) in [6, 6.07) is 9.00. The van der Waals surface area contributed by atoms with Crippen LogP contribution in [0.5, 0.6) is 0 Å². The second kappa shape index (κ2) is 4.45. The lowest BCUT2D eigenvalue weighted by Gasteiger charge is -2.01. The molecule has 0 atom stereocenters. The highest BCUT2D eigenvalue weighted by atomic mass is 14.3. The highest BCUT2D eigenvalue weighted by Crippen LogP contribution is 2.32. The van der Waals surface area contributed by atoms with Crippen LogP contribution in [0.3, 0.4) is 0 Å². The van der Waals surface area contributed by atoms with Crippen molar-refractivity contribution in [3.05, 3.63) is 54.5 Å². The van der Waals surface area contributed by atoms with E-state index in [1.54, 1.807) is 0 Å². The van der Waals surface area contributed by atoms with E-state index in [9.17, 15) is 0 Å². The maximum Gasteiger partial charge on any atom is -0.00975 e. The maximum absolute atomic E-state index is 3.69. The van der Waals surface area contributed by atoms with Crippen molar-refractivity contribution >= 4 is 0 Å². The van der Waals surface area contributed by atoms with Gasteiger partial charge in [0.25, 0.3) is 0 Å². The van der Waals surface area contributed by atoms with Crippen molar-refractivity contribution in [1.29, 1.82) is 0 Å². The quantitative estimate of drug-likeness (QED) is 0.672. The van der Waals surface area contributed by atoms with Crippen molar-refractivity contribution < 1.29 is 0 Å². The number of benzene rings is 1. The van der Waals surface area contributed by atoms with E-state index in [0.717, 1.165) is 12.3 Å². The van der Waals surface area contributed by atoms with Gasteiger partial charge in [-0.1, -0.05) is 36.4 Å². The SMILES string of the molecule is [CH2]C=CCc1ccc(CC2CC2)cc1. The van der Waals surface area contributed by atoms with Gasteiger partial charge < -0.3 is 0 Å². The molecule has 0 heterocycles. The Labute approximate surface area is 86.7 Å². The molecule has 0 nitrogen and oxygen atoms in total. The Morgan fingerprint density at radius 1 is 1.14 bits per heavy atom. The predicted octanol–water partition coefficient (Wildman–Crippen LogP) is 3.57. The lowest BCUT2D eigenvalue weighted by atomic mass is 10.1. The molecule has 0 aromatic heterocycles. The van der Waals surface area contributed by atoms with Gasteiger partial charge in [0, 0.05) is 0 Å². The van der Waals surface area contributed by atoms with Gasteiger partial charge in [0.05, 0.1) is 0 Å². The zero-order chi connectivity index (χ0) is 9.80. The molecule has 2 rings (SSSR count). The fraction of sp³-hybridized carbons (Fsp3) is 0.357. The van der Waals surface area contributed by atoms with Gasteiger partial charge in [-0.2, -0.15) is 0 Å². The number of rotatable bonds is 4. The summed E-state index contributed by atoms with van der Waals surface area (Å²) in [5.74, 6) is 0.987. The summed E-state index contributed by atoms with van der Waals surface area (Å²) in [6.07, 6.45) is 9.12. The topological polar surface area (TPSA) is 0 Å². The Balaban J connectivity index is 1.94. The van der Waals surface area contributed by atoms with Crippen LogP contribution in [0.1, 0.15) is 24.0 Å². The average Bonchev–Trinajstić information content (AvgIpc) is 3.01. The van der Waals surface area contributed by atoms with Crippen molar-refractivity contribution in [1.82, 2.24) is 0 Å². The lowest BCUT2D eigenvalue weighted by molar-refractivity contribution is 0.832. The van der Waals surface area contributed by atoms with Crippen LogP contribution in [0.25, 0.3) is 0 Å². The minimum absolute atomic E-state index is 0.987. The van der Waals surface area contributed by atoms with E-state index < -0.39 is 0 Å². The molecule has 1 aliphatic carbocycles. The molecule has 0 N–H and O–H groups in total. The Kier molecular flexibility index (Phi) is 3.03. The Bertz CT molecular complexity index is 301. The molecule has 0 heteroatoms. The standard InChI is InChI=1S/C14H17/c1-2-3-4-12-5-7-13(8-6-12)11-14-9-10-14/h2-3,5-8,14H,1,4,9-11H2. The van der Waals surface area contributed by atoms with Crippen LogP contribution in [-0.2, 0) is 12.8 Å². The molecule has 0 amide bonds. The number of allylic oxidation sites excluding steroid dienone is 2. The van der Waals surface area contributed by atoms with Crippen LogP contribution in [0.15, 0.2) is 36.4 Å². The average molecular weight is 185 g/mol. The van der Waals surface area contributed by atoms with E-state index in [1.165, 1.54) is 30.4 Å². The molecule has 0 spiro atoms. The number of hydrogen-bond acceptors (Lipinski definition) is 0. The Morgan fingerprint density at radius 3 is 2.36 bits per heavy atom. The van der Waals surface area contributed by atoms with Crippen molar-refractivity contribution in [3.63, 3.8) is 0 Å². The molecule has 0 saturated heterocycles. The molecule has 0 aliphatic heterocycles. The normalized spacial score (nSPS) is 16.4. The molecule has 1 saturated carbocycles. The van der Waals surface area contributed by atoms with Gasteiger partial charge in [-0.05, 0) is 49.7 Å². The van der Waals surface area contributed by atoms with E-state index in [1.807, 2.05) is 6.08 Å². The van der Waals surface area contributed by atoms with Gasteiger partial charge >= 0.3 is 0 Å². The molecule has 1 radical (unpaired) electrons. The summed E-state index contributed by atoms with van der Waals surface area (Å²) in [4.78, 5) is 0. The van der Waals surface area contributed by atoms with E-state index in [0.29, 0.717) is 0 Å². The first kappa shape index (κ1) is 9.51. The molecule has 1 aromatic carbocycles. The van der Waals surface area contributed by atoms with Gasteiger partial charge in [0.15, 0.2) is 0 Å². The van der Waals surface area contributed by atoms with Crippen LogP contribution in [0.2, 0.25) is 0 Å². The summed E-state index contributed by atoms with van der Waals surface area (Å²) in [5, 5.41) is 0. The second-order valence-corrected chi connectivity index (χ2v) is 4.14. The first-order valence-corrected chi connectivity index (χ1v) is 5.40. The van der Waals surface area contributed by atoms with Crippen molar-refractivity contribution in [2.75, 3.05) is 0 Å². The molecule has 1 aliphatic rings. The molecular weight excluding hydrogens is 168 g/mol. The molecule has 1 aromatic rings. The fourth-order valence-electron chi connectivity index (χ4n) is 1.69. The smallest absolute Gasteiger partial charge is 0.00975 e. The van der Waals surface area contributed by atoms with Crippen molar-refractivity contribution in [3.8, 4) is 0 Å². The largest absolute Gasteiger partial charge is 0.0879 e. The third-order valence-electron chi connectivity index (χ3n) is 2.76. The molecular formula is C14H17. The Hall–Kier alpha value is -1.04. The summed E-state index contributed by atoms with van der Waals surface area (Å²) in [7, 11) is 0. The van der Waals surface area contributed by atoms with E-state index in [4.69, 9.17) is 0 Å². The summed E-state index contributed by atoms with van der Waals surface area (Å²) >= 11 is 0. The molecule has 1 fully saturated rings. The summed E-state index contributed by atoms with van der Waals surface area (Å²) < 4.78 is 0. The summed E-state index contributed by atoms with van der Waals surface area (Å²) in [5.41, 5.74) is 2.87. The van der Waals surface area contributed by atoms with Gasteiger partial charge in [-0.15, -0.1) is 0 Å². The maximum atomic E-state index is 3.69. The number of hydrogen-bond donors (Lipinski definition) is 0. The zero-order valence-corrected chi connectivity index (χ0v) is 8.58. The lowest BCUT2D eigenvalue weighted by Crippen LogP contribution is -1.88. The van der Waals surface area contributed by atoms with Crippen LogP contribution >= 0.6 is 0 Å². The molecule has 0 unspecified atom stereocenters. The second-order valence-electron chi connectivity index (χ2n) is 4.14. The van der Waals surface area contributed by atoms with E-state index >= 15 is 0 Å². The monoisotopic (exact) mass is 185 g/mol. The van der Waals surface area contributed by atoms with Gasteiger partial charge in [0.2, 0.25) is 0 Å². The van der Waals surface area contributed by atoms with Gasteiger partial charge in [0.1, 0.15) is 0 Å². The minimum Gasteiger partial charge on any atom is -0.0879 e. The third-order valence-corrected chi connectivity index (χ3v) is 2.76. The van der Waals surface area contributed by atoms with Crippen LogP contribution in [-0.4, -0.2) is 0 Å². The predicted molar refractivity (Wildman–Crippen MR) is 61.1 cm³/mol. The first-order chi connectivity index (χ1) is 6.88. The highest BCUT2D eigenvalue weighted by molar-refractivity contribution is 5.25. The van der Waals surface area contributed by atoms with Crippen LogP contribution < -0.4 is 0 Å². The summed E-state index contributed by atoms with van der Waals surface area (Å²) in [6.45, 7) is 3.69. The zero-order valence-electron chi connectivity index (χ0n) is 8.58. The van der Waals surface area contributed by atoms with Crippen molar-refractivity contribution in [2.24, 2.45) is 5.92 Å². The van der Waals surface area contributed by atoms with Crippen LogP contribution in [0, 0.1) is 12.8 Å². The minimum atomic E-state index is 0.987. The fourth-order valence-corrected chi connectivity index (χ4v) is 1.69. The third kappa shape index (κ3) is 2.73. The highest BCUT2D eigenvalue weighted by Gasteiger charge is 2.20. The molecule has 0 bridgehead atoms. The molecule has 73 valence electrons. The Morgan fingerprint density at radius 2 is 1.79 bits per heavy atom. The van der Waals surface area contributed by atoms with Gasteiger partial charge in [-0.25, -0.2) is 0 Å². The first-order valence-electron chi connectivity index (χ1n) is 5.40. The van der Waals surface area contributed by atoms with Crippen molar-refractivity contribution in [2.45, 2.75) is 25.7 Å². The van der Waals surface area contributed by atoms with E-state index in [-0.39, 0.29) is 0 Å². The van der Waals surface area contributed by atoms with E-state index in [2.05, 4.69) is 37.3 Å².